The van der Waals surface area contributed by atoms with Gasteiger partial charge < -0.3 is 19.7 Å². The molecule has 0 aromatic carbocycles. The second-order valence-electron chi connectivity index (χ2n) is 17.1. The first kappa shape index (κ1) is 48.4. The lowest BCUT2D eigenvalue weighted by Gasteiger charge is -2.25. The summed E-state index contributed by atoms with van der Waals surface area (Å²) in [6.07, 6.45) is 29.3. The van der Waals surface area contributed by atoms with Crippen LogP contribution in [0.1, 0.15) is 197 Å². The molecule has 0 rings (SSSR count). The molecule has 0 heterocycles. The fourth-order valence-electron chi connectivity index (χ4n) is 6.53. The first-order valence-electron chi connectivity index (χ1n) is 21.3. The Morgan fingerprint density at radius 2 is 1.20 bits per heavy atom. The monoisotopic (exact) mass is 707 g/mol. The van der Waals surface area contributed by atoms with Gasteiger partial charge in [0, 0.05) is 19.5 Å². The number of carbonyl (C=O) groups is 2. The Labute approximate surface area is 312 Å². The van der Waals surface area contributed by atoms with E-state index in [4.69, 9.17) is 9.47 Å². The highest BCUT2D eigenvalue weighted by atomic mass is 16.6. The maximum absolute atomic E-state index is 12.2. The molecule has 0 aliphatic carbocycles. The number of nitrogens with zero attached hydrogens (tertiary/aromatic N) is 1. The first-order chi connectivity index (χ1) is 23.8. The molecule has 50 heavy (non-hydrogen) atoms. The van der Waals surface area contributed by atoms with E-state index in [0.717, 1.165) is 75.9 Å². The highest BCUT2D eigenvalue weighted by molar-refractivity contribution is 5.69. The van der Waals surface area contributed by atoms with Crippen LogP contribution in [0.5, 0.6) is 0 Å². The highest BCUT2D eigenvalue weighted by Crippen LogP contribution is 2.23. The number of allylic oxidation sites excluding steroid dienone is 1. The van der Waals surface area contributed by atoms with E-state index in [0.29, 0.717) is 25.5 Å². The molecule has 0 fully saturated rings. The van der Waals surface area contributed by atoms with Crippen LogP contribution >= 0.6 is 0 Å². The van der Waals surface area contributed by atoms with E-state index in [-0.39, 0.29) is 12.1 Å². The normalized spacial score (nSPS) is 14.0. The maximum atomic E-state index is 12.2. The minimum Gasteiger partial charge on any atom is -0.461 e. The summed E-state index contributed by atoms with van der Waals surface area (Å²) in [4.78, 5) is 26.8. The summed E-state index contributed by atoms with van der Waals surface area (Å²) in [7, 11) is 0. The van der Waals surface area contributed by atoms with E-state index in [1.165, 1.54) is 89.9 Å². The van der Waals surface area contributed by atoms with Gasteiger partial charge in [0.05, 0.1) is 0 Å². The quantitative estimate of drug-likeness (QED) is 0.0418. The second-order valence-corrected chi connectivity index (χ2v) is 17.1. The summed E-state index contributed by atoms with van der Waals surface area (Å²) in [5, 5.41) is 2.95. The average Bonchev–Trinajstić information content (AvgIpc) is 3.03. The zero-order valence-electron chi connectivity index (χ0n) is 34.9. The lowest BCUT2D eigenvalue weighted by molar-refractivity contribution is -0.142. The third kappa shape index (κ3) is 34.9. The Morgan fingerprint density at radius 3 is 1.80 bits per heavy atom. The van der Waals surface area contributed by atoms with Gasteiger partial charge in [-0.25, -0.2) is 4.79 Å². The number of alkyl carbamates (subject to hydrolysis) is 1. The van der Waals surface area contributed by atoms with Crippen molar-refractivity contribution in [2.75, 3.05) is 32.8 Å². The van der Waals surface area contributed by atoms with Crippen molar-refractivity contribution in [2.24, 2.45) is 23.7 Å². The lowest BCUT2D eigenvalue weighted by Crippen LogP contribution is -2.39. The molecule has 1 N–H and O–H groups in total. The van der Waals surface area contributed by atoms with Crippen LogP contribution in [-0.2, 0) is 14.3 Å². The summed E-state index contributed by atoms with van der Waals surface area (Å²) in [6.45, 7) is 23.9. The summed E-state index contributed by atoms with van der Waals surface area (Å²) in [5.74, 6) is 3.18. The topological polar surface area (TPSA) is 67.9 Å². The fourth-order valence-corrected chi connectivity index (χ4v) is 6.53. The number of carbonyl (C=O) groups excluding carboxylic acids is 2. The molecule has 3 atom stereocenters. The van der Waals surface area contributed by atoms with Crippen LogP contribution in [0, 0.1) is 23.7 Å². The number of hydrogen-bond donors (Lipinski definition) is 1. The van der Waals surface area contributed by atoms with Gasteiger partial charge in [-0.15, -0.1) is 0 Å². The lowest BCUT2D eigenvalue weighted by atomic mass is 9.90. The highest BCUT2D eigenvalue weighted by Gasteiger charge is 2.16. The van der Waals surface area contributed by atoms with E-state index in [9.17, 15) is 9.59 Å². The number of rotatable bonds is 33. The van der Waals surface area contributed by atoms with Crippen LogP contribution in [0.4, 0.5) is 4.79 Å². The van der Waals surface area contributed by atoms with Crippen LogP contribution in [-0.4, -0.2) is 55.3 Å². The Hall–Kier alpha value is -1.56. The third-order valence-corrected chi connectivity index (χ3v) is 9.89. The number of esters is 1. The standard InChI is InChI=1S/C44H86N2O4/c1-10-11-12-13-14-18-21-37-49-42(47)31-19-16-15-17-20-34-46(36-33-45-43(48)50-44(7,8)9)35-32-41(6)30-24-29-40(5)28-23-27-39(4)26-22-25-38(2)3/h18,21,38-41H,10-17,19-20,22-37H2,1-9H3,(H,45,48)/b21-18-. The van der Waals surface area contributed by atoms with Crippen LogP contribution < -0.4 is 5.32 Å². The molecule has 296 valence electrons. The van der Waals surface area contributed by atoms with Gasteiger partial charge >= 0.3 is 12.1 Å². The smallest absolute Gasteiger partial charge is 0.407 e. The Kier molecular flexibility index (Phi) is 31.1. The van der Waals surface area contributed by atoms with Gasteiger partial charge in [-0.3, -0.25) is 4.79 Å². The molecule has 0 aliphatic rings. The number of hydrogen-bond acceptors (Lipinski definition) is 5. The molecular weight excluding hydrogens is 620 g/mol. The minimum absolute atomic E-state index is 0.0783. The van der Waals surface area contributed by atoms with Crippen molar-refractivity contribution in [3.8, 4) is 0 Å². The minimum atomic E-state index is -0.483. The molecular formula is C44H86N2O4. The van der Waals surface area contributed by atoms with Crippen molar-refractivity contribution < 1.29 is 19.1 Å². The fraction of sp³-hybridized carbons (Fsp3) is 0.909. The Bertz CT molecular complexity index is 821. The molecule has 0 radical (unpaired) electrons. The maximum Gasteiger partial charge on any atom is 0.407 e. The van der Waals surface area contributed by atoms with Gasteiger partial charge in [0.15, 0.2) is 0 Å². The summed E-state index contributed by atoms with van der Waals surface area (Å²) in [6, 6.07) is 0. The Morgan fingerprint density at radius 1 is 0.640 bits per heavy atom. The first-order valence-corrected chi connectivity index (χ1v) is 21.3. The predicted octanol–water partition coefficient (Wildman–Crippen LogP) is 12.7. The van der Waals surface area contributed by atoms with Crippen LogP contribution in [0.2, 0.25) is 0 Å². The summed E-state index contributed by atoms with van der Waals surface area (Å²) < 4.78 is 10.8. The van der Waals surface area contributed by atoms with E-state index >= 15 is 0 Å². The van der Waals surface area contributed by atoms with E-state index in [1.807, 2.05) is 26.8 Å². The third-order valence-electron chi connectivity index (χ3n) is 9.89. The molecule has 0 bridgehead atoms. The number of ether oxygens (including phenoxy) is 2. The molecule has 0 aromatic rings. The predicted molar refractivity (Wildman–Crippen MR) is 216 cm³/mol. The van der Waals surface area contributed by atoms with Crippen molar-refractivity contribution in [2.45, 2.75) is 203 Å². The Balaban J connectivity index is 4.33. The van der Waals surface area contributed by atoms with Crippen LogP contribution in [0.25, 0.3) is 0 Å². The van der Waals surface area contributed by atoms with Crippen molar-refractivity contribution in [3.05, 3.63) is 12.2 Å². The second kappa shape index (κ2) is 32.1. The molecule has 0 aliphatic heterocycles. The van der Waals surface area contributed by atoms with Gasteiger partial charge in [-0.05, 0) is 89.6 Å². The zero-order chi connectivity index (χ0) is 37.5. The number of unbranched alkanes of at least 4 members (excludes halogenated alkanes) is 8. The van der Waals surface area contributed by atoms with Gasteiger partial charge in [0.1, 0.15) is 12.2 Å². The average molecular weight is 707 g/mol. The van der Waals surface area contributed by atoms with Crippen molar-refractivity contribution >= 4 is 12.1 Å². The molecule has 6 nitrogen and oxygen atoms in total. The SMILES string of the molecule is CCCCCC/C=C\COC(=O)CCCCCCCN(CCNC(=O)OC(C)(C)C)CCC(C)CCCC(C)CCCC(C)CCCC(C)C. The number of amides is 1. The van der Waals surface area contributed by atoms with Crippen molar-refractivity contribution in [3.63, 3.8) is 0 Å². The van der Waals surface area contributed by atoms with Crippen molar-refractivity contribution in [1.82, 2.24) is 10.2 Å². The molecule has 3 unspecified atom stereocenters. The zero-order valence-corrected chi connectivity index (χ0v) is 34.9. The summed E-state index contributed by atoms with van der Waals surface area (Å²) in [5.41, 5.74) is -0.483. The largest absolute Gasteiger partial charge is 0.461 e. The molecule has 1 amide bonds. The van der Waals surface area contributed by atoms with E-state index in [1.54, 1.807) is 0 Å². The van der Waals surface area contributed by atoms with Crippen LogP contribution in [0.15, 0.2) is 12.2 Å². The summed E-state index contributed by atoms with van der Waals surface area (Å²) >= 11 is 0. The van der Waals surface area contributed by atoms with Gasteiger partial charge in [-0.2, -0.15) is 0 Å². The molecule has 6 heteroatoms. The van der Waals surface area contributed by atoms with Gasteiger partial charge in [0.2, 0.25) is 0 Å². The van der Waals surface area contributed by atoms with E-state index in [2.05, 4.69) is 57.8 Å². The van der Waals surface area contributed by atoms with Crippen molar-refractivity contribution in [1.29, 1.82) is 0 Å². The number of nitrogens with one attached hydrogen (secondary N) is 1. The molecule has 0 saturated heterocycles. The van der Waals surface area contributed by atoms with Crippen LogP contribution in [0.3, 0.4) is 0 Å². The molecule has 0 aromatic heterocycles. The molecule has 0 spiro atoms. The van der Waals surface area contributed by atoms with Gasteiger partial charge in [-0.1, -0.05) is 150 Å². The van der Waals surface area contributed by atoms with Gasteiger partial charge in [0.25, 0.3) is 0 Å². The van der Waals surface area contributed by atoms with E-state index < -0.39 is 5.60 Å². The molecule has 0 saturated carbocycles.